The van der Waals surface area contributed by atoms with Gasteiger partial charge >= 0.3 is 0 Å². The number of aliphatic hydroxyl groups excluding tert-OH is 1. The van der Waals surface area contributed by atoms with E-state index in [0.717, 1.165) is 5.56 Å². The van der Waals surface area contributed by atoms with E-state index < -0.39 is 6.10 Å². The first-order valence-corrected chi connectivity index (χ1v) is 7.59. The van der Waals surface area contributed by atoms with Crippen LogP contribution in [-0.2, 0) is 4.79 Å². The summed E-state index contributed by atoms with van der Waals surface area (Å²) in [6.45, 7) is 0.121. The van der Waals surface area contributed by atoms with E-state index in [1.54, 1.807) is 55.7 Å². The summed E-state index contributed by atoms with van der Waals surface area (Å²) in [5.74, 6) is 0.159. The van der Waals surface area contributed by atoms with Crippen molar-refractivity contribution in [3.05, 3.63) is 71.6 Å². The lowest BCUT2D eigenvalue weighted by molar-refractivity contribution is -0.120. The molecule has 0 aliphatic rings. The molecule has 0 bridgehead atoms. The van der Waals surface area contributed by atoms with Crippen molar-refractivity contribution in [2.24, 2.45) is 0 Å². The van der Waals surface area contributed by atoms with Crippen LogP contribution in [-0.4, -0.2) is 24.7 Å². The molecule has 126 valence electrons. The molecule has 0 saturated carbocycles. The van der Waals surface area contributed by atoms with Crippen LogP contribution in [0.2, 0.25) is 0 Å². The van der Waals surface area contributed by atoms with E-state index in [2.05, 4.69) is 5.32 Å². The molecule has 4 nitrogen and oxygen atoms in total. The summed E-state index contributed by atoms with van der Waals surface area (Å²) in [4.78, 5) is 11.8. The third kappa shape index (κ3) is 5.52. The molecule has 0 spiro atoms. The smallest absolute Gasteiger partial charge is 0.223 e. The number of aliphatic hydroxyl groups is 1. The molecule has 0 fully saturated rings. The van der Waals surface area contributed by atoms with Crippen LogP contribution < -0.4 is 10.1 Å². The topological polar surface area (TPSA) is 58.6 Å². The van der Waals surface area contributed by atoms with E-state index in [-0.39, 0.29) is 24.7 Å². The minimum atomic E-state index is -0.801. The van der Waals surface area contributed by atoms with Crippen molar-refractivity contribution in [3.63, 3.8) is 0 Å². The second kappa shape index (κ2) is 8.84. The molecular weight excluding hydrogens is 309 g/mol. The zero-order valence-corrected chi connectivity index (χ0v) is 13.4. The van der Waals surface area contributed by atoms with Crippen molar-refractivity contribution in [3.8, 4) is 5.75 Å². The zero-order valence-electron chi connectivity index (χ0n) is 13.4. The molecule has 2 rings (SSSR count). The van der Waals surface area contributed by atoms with E-state index in [1.165, 1.54) is 12.1 Å². The molecule has 1 amide bonds. The predicted molar refractivity (Wildman–Crippen MR) is 91.0 cm³/mol. The number of ether oxygens (including phenoxy) is 1. The van der Waals surface area contributed by atoms with Gasteiger partial charge in [-0.2, -0.15) is 0 Å². The monoisotopic (exact) mass is 329 g/mol. The summed E-state index contributed by atoms with van der Waals surface area (Å²) in [7, 11) is 1.56. The van der Waals surface area contributed by atoms with E-state index >= 15 is 0 Å². The fourth-order valence-electron chi connectivity index (χ4n) is 2.13. The molecule has 2 aromatic carbocycles. The molecule has 0 aromatic heterocycles. The Morgan fingerprint density at radius 2 is 2.04 bits per heavy atom. The molecule has 0 aliphatic heterocycles. The Labute approximate surface area is 140 Å². The summed E-state index contributed by atoms with van der Waals surface area (Å²) >= 11 is 0. The minimum Gasteiger partial charge on any atom is -0.497 e. The first-order valence-electron chi connectivity index (χ1n) is 7.59. The summed E-state index contributed by atoms with van der Waals surface area (Å²) < 4.78 is 17.9. The Kier molecular flexibility index (Phi) is 6.51. The average Bonchev–Trinajstić information content (AvgIpc) is 2.61. The van der Waals surface area contributed by atoms with Crippen molar-refractivity contribution >= 4 is 12.0 Å². The molecule has 24 heavy (non-hydrogen) atoms. The van der Waals surface area contributed by atoms with Crippen LogP contribution in [0.1, 0.15) is 23.7 Å². The molecule has 0 radical (unpaired) electrons. The van der Waals surface area contributed by atoms with Crippen molar-refractivity contribution in [2.45, 2.75) is 12.5 Å². The summed E-state index contributed by atoms with van der Waals surface area (Å²) in [6.07, 6.45) is 2.82. The first kappa shape index (κ1) is 17.7. The third-order valence-corrected chi connectivity index (χ3v) is 3.45. The number of rotatable bonds is 7. The minimum absolute atomic E-state index is 0.121. The molecule has 1 unspecified atom stereocenters. The maximum atomic E-state index is 12.8. The number of hydrogen-bond acceptors (Lipinski definition) is 3. The van der Waals surface area contributed by atoms with Crippen LogP contribution in [0.15, 0.2) is 54.6 Å². The van der Waals surface area contributed by atoms with Gasteiger partial charge in [-0.25, -0.2) is 4.39 Å². The quantitative estimate of drug-likeness (QED) is 0.821. The van der Waals surface area contributed by atoms with Gasteiger partial charge in [0.1, 0.15) is 11.6 Å². The molecular formula is C19H20FNO3. The normalized spacial score (nSPS) is 12.1. The Morgan fingerprint density at radius 1 is 1.29 bits per heavy atom. The first-order chi connectivity index (χ1) is 11.6. The van der Waals surface area contributed by atoms with Crippen LogP contribution in [0.25, 0.3) is 6.08 Å². The van der Waals surface area contributed by atoms with Crippen LogP contribution in [0.5, 0.6) is 5.75 Å². The number of amides is 1. The SMILES string of the molecule is COc1cccc(C(O)CNC(=O)C/C=C/c2ccc(F)cc2)c1. The summed E-state index contributed by atoms with van der Waals surface area (Å²) in [6, 6.07) is 13.1. The molecule has 0 aliphatic carbocycles. The van der Waals surface area contributed by atoms with E-state index in [9.17, 15) is 14.3 Å². The van der Waals surface area contributed by atoms with Crippen LogP contribution in [0.3, 0.4) is 0 Å². The Hall–Kier alpha value is -2.66. The highest BCUT2D eigenvalue weighted by Gasteiger charge is 2.09. The number of nitrogens with one attached hydrogen (secondary N) is 1. The number of carbonyl (C=O) groups is 1. The average molecular weight is 329 g/mol. The molecule has 2 N–H and O–H groups in total. The zero-order chi connectivity index (χ0) is 17.4. The largest absolute Gasteiger partial charge is 0.497 e. The van der Waals surface area contributed by atoms with Crippen LogP contribution in [0, 0.1) is 5.82 Å². The maximum Gasteiger partial charge on any atom is 0.223 e. The number of benzene rings is 2. The van der Waals surface area contributed by atoms with Crippen molar-refractivity contribution in [2.75, 3.05) is 13.7 Å². The number of methoxy groups -OCH3 is 1. The van der Waals surface area contributed by atoms with Gasteiger partial charge in [-0.05, 0) is 35.4 Å². The van der Waals surface area contributed by atoms with E-state index in [1.807, 2.05) is 0 Å². The third-order valence-electron chi connectivity index (χ3n) is 3.45. The Balaban J connectivity index is 1.78. The fourth-order valence-corrected chi connectivity index (χ4v) is 2.13. The van der Waals surface area contributed by atoms with Crippen molar-refractivity contribution in [1.29, 1.82) is 0 Å². The van der Waals surface area contributed by atoms with Gasteiger partial charge < -0.3 is 15.2 Å². The lowest BCUT2D eigenvalue weighted by Crippen LogP contribution is -2.27. The number of carbonyl (C=O) groups excluding carboxylic acids is 1. The van der Waals surface area contributed by atoms with Gasteiger partial charge in [-0.15, -0.1) is 0 Å². The molecule has 1 atom stereocenters. The Bertz CT molecular complexity index is 698. The van der Waals surface area contributed by atoms with E-state index in [0.29, 0.717) is 11.3 Å². The Morgan fingerprint density at radius 3 is 2.75 bits per heavy atom. The maximum absolute atomic E-state index is 12.8. The second-order valence-electron chi connectivity index (χ2n) is 5.25. The van der Waals surface area contributed by atoms with Crippen molar-refractivity contribution in [1.82, 2.24) is 5.32 Å². The van der Waals surface area contributed by atoms with Gasteiger partial charge in [0, 0.05) is 13.0 Å². The highest BCUT2D eigenvalue weighted by molar-refractivity contribution is 5.78. The van der Waals surface area contributed by atoms with Gasteiger partial charge in [-0.1, -0.05) is 36.4 Å². The molecule has 0 heterocycles. The predicted octanol–water partition coefficient (Wildman–Crippen LogP) is 3.09. The van der Waals surface area contributed by atoms with Gasteiger partial charge in [0.15, 0.2) is 0 Å². The van der Waals surface area contributed by atoms with Gasteiger partial charge in [0.05, 0.1) is 13.2 Å². The summed E-state index contributed by atoms with van der Waals surface area (Å²) in [5.41, 5.74) is 1.50. The number of hydrogen-bond donors (Lipinski definition) is 2. The highest BCUT2D eigenvalue weighted by Crippen LogP contribution is 2.18. The lowest BCUT2D eigenvalue weighted by Gasteiger charge is -2.12. The molecule has 5 heteroatoms. The van der Waals surface area contributed by atoms with Gasteiger partial charge in [-0.3, -0.25) is 4.79 Å². The van der Waals surface area contributed by atoms with Crippen molar-refractivity contribution < 1.29 is 19.0 Å². The molecule has 2 aromatic rings. The van der Waals surface area contributed by atoms with E-state index in [4.69, 9.17) is 4.74 Å². The highest BCUT2D eigenvalue weighted by atomic mass is 19.1. The van der Waals surface area contributed by atoms with Crippen LogP contribution in [0.4, 0.5) is 4.39 Å². The number of halogens is 1. The fraction of sp³-hybridized carbons (Fsp3) is 0.211. The van der Waals surface area contributed by atoms with Gasteiger partial charge in [0.2, 0.25) is 5.91 Å². The lowest BCUT2D eigenvalue weighted by atomic mass is 10.1. The van der Waals surface area contributed by atoms with Gasteiger partial charge in [0.25, 0.3) is 0 Å². The summed E-state index contributed by atoms with van der Waals surface area (Å²) in [5, 5.41) is 12.8. The van der Waals surface area contributed by atoms with Crippen LogP contribution >= 0.6 is 0 Å². The standard InChI is InChI=1S/C19H20FNO3/c1-24-17-6-3-5-15(12-17)18(22)13-21-19(23)7-2-4-14-8-10-16(20)11-9-14/h2-6,8-12,18,22H,7,13H2,1H3,(H,21,23)/b4-2+. The second-order valence-corrected chi connectivity index (χ2v) is 5.25. The molecule has 0 saturated heterocycles.